The number of guanidine groups is 1. The number of hydrogen-bond acceptors (Lipinski definition) is 4. The zero-order valence-electron chi connectivity index (χ0n) is 7.83. The van der Waals surface area contributed by atoms with E-state index in [1.807, 2.05) is 6.92 Å². The zero-order valence-corrected chi connectivity index (χ0v) is 8.58. The summed E-state index contributed by atoms with van der Waals surface area (Å²) in [4.78, 5) is 20.6. The summed E-state index contributed by atoms with van der Waals surface area (Å²) in [5.74, 6) is 0.197. The minimum absolute atomic E-state index is 0.217. The molecule has 5 nitrogen and oxygen atoms in total. The molecule has 76 valence electrons. The summed E-state index contributed by atoms with van der Waals surface area (Å²) < 4.78 is 0. The Kier molecular flexibility index (Phi) is 3.64. The summed E-state index contributed by atoms with van der Waals surface area (Å²) in [6.45, 7) is 5.98. The van der Waals surface area contributed by atoms with Gasteiger partial charge in [0.05, 0.1) is 0 Å². The SMILES string of the molecule is C=CC(=O)N(CC)C1=NCN=C(Cl)N1. The van der Waals surface area contributed by atoms with E-state index in [-0.39, 0.29) is 17.9 Å². The average Bonchev–Trinajstić information content (AvgIpc) is 2.19. The second-order valence-electron chi connectivity index (χ2n) is 2.48. The molecule has 0 aromatic carbocycles. The summed E-state index contributed by atoms with van der Waals surface area (Å²) >= 11 is 5.65. The molecule has 1 aliphatic heterocycles. The Bertz CT molecular complexity index is 310. The van der Waals surface area contributed by atoms with Crippen LogP contribution in [0, 0.1) is 0 Å². The van der Waals surface area contributed by atoms with Crippen molar-refractivity contribution in [3.8, 4) is 0 Å². The Hall–Kier alpha value is -1.36. The quantitative estimate of drug-likeness (QED) is 0.539. The second-order valence-corrected chi connectivity index (χ2v) is 2.84. The third kappa shape index (κ3) is 2.32. The summed E-state index contributed by atoms with van der Waals surface area (Å²) in [5.41, 5.74) is 0. The normalized spacial score (nSPS) is 15.0. The van der Waals surface area contributed by atoms with E-state index in [1.54, 1.807) is 0 Å². The summed E-state index contributed by atoms with van der Waals surface area (Å²) in [7, 11) is 0. The number of amides is 1. The van der Waals surface area contributed by atoms with Gasteiger partial charge in [-0.3, -0.25) is 9.69 Å². The van der Waals surface area contributed by atoms with Gasteiger partial charge in [-0.15, -0.1) is 0 Å². The zero-order chi connectivity index (χ0) is 10.6. The van der Waals surface area contributed by atoms with Crippen LogP contribution in [0.5, 0.6) is 0 Å². The van der Waals surface area contributed by atoms with Crippen molar-refractivity contribution >= 4 is 28.8 Å². The van der Waals surface area contributed by atoms with E-state index in [0.717, 1.165) is 0 Å². The molecule has 0 spiro atoms. The monoisotopic (exact) mass is 214 g/mol. The molecular weight excluding hydrogens is 204 g/mol. The lowest BCUT2D eigenvalue weighted by molar-refractivity contribution is -0.122. The van der Waals surface area contributed by atoms with Crippen LogP contribution in [0.3, 0.4) is 0 Å². The third-order valence-corrected chi connectivity index (χ3v) is 1.87. The van der Waals surface area contributed by atoms with Gasteiger partial charge in [-0.25, -0.2) is 9.98 Å². The number of carbonyl (C=O) groups excluding carboxylic acids is 1. The van der Waals surface area contributed by atoms with E-state index in [2.05, 4.69) is 21.9 Å². The van der Waals surface area contributed by atoms with Crippen LogP contribution in [0.1, 0.15) is 6.92 Å². The number of hydrogen-bond donors (Lipinski definition) is 1. The fourth-order valence-corrected chi connectivity index (χ4v) is 1.15. The van der Waals surface area contributed by atoms with Crippen molar-refractivity contribution in [3.63, 3.8) is 0 Å². The number of rotatable bonds is 2. The summed E-state index contributed by atoms with van der Waals surface area (Å²) in [5, 5.41) is 2.95. The van der Waals surface area contributed by atoms with E-state index in [9.17, 15) is 4.79 Å². The Morgan fingerprint density at radius 3 is 3.00 bits per heavy atom. The molecule has 0 fully saturated rings. The largest absolute Gasteiger partial charge is 0.301 e. The molecule has 1 heterocycles. The van der Waals surface area contributed by atoms with Crippen LogP contribution in [-0.2, 0) is 4.79 Å². The highest BCUT2D eigenvalue weighted by Gasteiger charge is 2.17. The van der Waals surface area contributed by atoms with E-state index in [4.69, 9.17) is 11.6 Å². The van der Waals surface area contributed by atoms with Gasteiger partial charge in [-0.05, 0) is 24.6 Å². The minimum Gasteiger partial charge on any atom is -0.301 e. The molecule has 14 heavy (non-hydrogen) atoms. The van der Waals surface area contributed by atoms with Gasteiger partial charge in [0.25, 0.3) is 5.91 Å². The van der Waals surface area contributed by atoms with Crippen LogP contribution >= 0.6 is 11.6 Å². The molecule has 0 saturated heterocycles. The van der Waals surface area contributed by atoms with Crippen LogP contribution in [-0.4, -0.2) is 35.3 Å². The van der Waals surface area contributed by atoms with E-state index in [0.29, 0.717) is 12.5 Å². The Labute approximate surface area is 87.2 Å². The van der Waals surface area contributed by atoms with E-state index in [1.165, 1.54) is 11.0 Å². The molecule has 1 N–H and O–H groups in total. The Morgan fingerprint density at radius 1 is 1.79 bits per heavy atom. The van der Waals surface area contributed by atoms with Gasteiger partial charge in [-0.1, -0.05) is 6.58 Å². The fourth-order valence-electron chi connectivity index (χ4n) is 1.01. The summed E-state index contributed by atoms with van der Waals surface area (Å²) in [6.07, 6.45) is 1.23. The lowest BCUT2D eigenvalue weighted by atomic mass is 10.4. The third-order valence-electron chi connectivity index (χ3n) is 1.66. The molecule has 6 heteroatoms. The van der Waals surface area contributed by atoms with Crippen molar-refractivity contribution in [3.05, 3.63) is 12.7 Å². The van der Waals surface area contributed by atoms with Crippen molar-refractivity contribution in [1.82, 2.24) is 10.2 Å². The highest BCUT2D eigenvalue weighted by atomic mass is 35.5. The number of halogens is 1. The van der Waals surface area contributed by atoms with Gasteiger partial charge in [-0.2, -0.15) is 0 Å². The molecule has 0 atom stereocenters. The molecule has 0 unspecified atom stereocenters. The van der Waals surface area contributed by atoms with Crippen molar-refractivity contribution in [2.24, 2.45) is 9.98 Å². The van der Waals surface area contributed by atoms with Crippen molar-refractivity contribution in [1.29, 1.82) is 0 Å². The minimum atomic E-state index is -0.217. The molecule has 0 aromatic heterocycles. The number of likely N-dealkylation sites (N-methyl/N-ethyl adjacent to an activating group) is 1. The molecule has 0 aliphatic carbocycles. The Morgan fingerprint density at radius 2 is 2.50 bits per heavy atom. The van der Waals surface area contributed by atoms with Gasteiger partial charge < -0.3 is 5.32 Å². The van der Waals surface area contributed by atoms with Gasteiger partial charge in [0.15, 0.2) is 5.29 Å². The number of nitrogens with one attached hydrogen (secondary N) is 1. The maximum absolute atomic E-state index is 11.4. The molecule has 1 aliphatic rings. The van der Waals surface area contributed by atoms with E-state index >= 15 is 0 Å². The molecule has 0 aromatic rings. The first-order valence-electron chi connectivity index (χ1n) is 4.14. The first-order chi connectivity index (χ1) is 6.69. The Balaban J connectivity index is 2.75. The first-order valence-corrected chi connectivity index (χ1v) is 4.52. The second kappa shape index (κ2) is 4.76. The van der Waals surface area contributed by atoms with Crippen LogP contribution in [0.2, 0.25) is 0 Å². The van der Waals surface area contributed by atoms with Gasteiger partial charge in [0.1, 0.15) is 6.67 Å². The average molecular weight is 215 g/mol. The van der Waals surface area contributed by atoms with Crippen LogP contribution in [0.25, 0.3) is 0 Å². The van der Waals surface area contributed by atoms with E-state index < -0.39 is 0 Å². The highest BCUT2D eigenvalue weighted by molar-refractivity contribution is 6.66. The molecule has 0 bridgehead atoms. The number of aliphatic imine (C=N–C) groups is 2. The maximum atomic E-state index is 11.4. The fraction of sp³-hybridized carbons (Fsp3) is 0.375. The lowest BCUT2D eigenvalue weighted by Gasteiger charge is -2.23. The maximum Gasteiger partial charge on any atom is 0.252 e. The number of carbonyl (C=O) groups is 1. The van der Waals surface area contributed by atoms with Crippen LogP contribution in [0.15, 0.2) is 22.6 Å². The standard InChI is InChI=1S/C8H11ClN4O/c1-3-6(14)13(4-2)8-11-5-10-7(9)12-8/h3H,1,4-5H2,2H3,(H,10,11,12). The number of nitrogens with zero attached hydrogens (tertiary/aromatic N) is 3. The predicted octanol–water partition coefficient (Wildman–Crippen LogP) is 0.532. The number of amidine groups is 1. The molecule has 1 rings (SSSR count). The van der Waals surface area contributed by atoms with Crippen LogP contribution < -0.4 is 5.32 Å². The van der Waals surface area contributed by atoms with Gasteiger partial charge >= 0.3 is 0 Å². The molecule has 0 radical (unpaired) electrons. The lowest BCUT2D eigenvalue weighted by Crippen LogP contribution is -2.46. The topological polar surface area (TPSA) is 57.1 Å². The highest BCUT2D eigenvalue weighted by Crippen LogP contribution is 1.98. The molecule has 1 amide bonds. The van der Waals surface area contributed by atoms with Crippen LogP contribution in [0.4, 0.5) is 0 Å². The van der Waals surface area contributed by atoms with Gasteiger partial charge in [0.2, 0.25) is 5.96 Å². The molecule has 0 saturated carbocycles. The van der Waals surface area contributed by atoms with Crippen molar-refractivity contribution in [2.45, 2.75) is 6.92 Å². The summed E-state index contributed by atoms with van der Waals surface area (Å²) in [6, 6.07) is 0. The first kappa shape index (κ1) is 10.7. The van der Waals surface area contributed by atoms with Crippen molar-refractivity contribution < 1.29 is 4.79 Å². The van der Waals surface area contributed by atoms with Crippen molar-refractivity contribution in [2.75, 3.05) is 13.2 Å². The predicted molar refractivity (Wildman–Crippen MR) is 56.3 cm³/mol. The van der Waals surface area contributed by atoms with Gasteiger partial charge in [0, 0.05) is 6.54 Å². The molecular formula is C8H11ClN4O. The smallest absolute Gasteiger partial charge is 0.252 e.